The molecular formula is C18H24N4O5. The number of amides is 2. The van der Waals surface area contributed by atoms with E-state index in [4.69, 9.17) is 9.47 Å². The third kappa shape index (κ3) is 4.96. The van der Waals surface area contributed by atoms with Crippen LogP contribution in [0.1, 0.15) is 12.8 Å². The summed E-state index contributed by atoms with van der Waals surface area (Å²) in [5.74, 6) is 0.534. The fourth-order valence-electron chi connectivity index (χ4n) is 2.48. The summed E-state index contributed by atoms with van der Waals surface area (Å²) < 4.78 is 11.9. The smallest absolute Gasteiger partial charge is 0.261 e. The van der Waals surface area contributed by atoms with Crippen LogP contribution in [0.5, 0.6) is 11.5 Å². The van der Waals surface area contributed by atoms with E-state index in [0.29, 0.717) is 35.4 Å². The first-order chi connectivity index (χ1) is 12.9. The number of nitrogens with zero attached hydrogens (tertiary/aromatic N) is 3. The van der Waals surface area contributed by atoms with E-state index in [2.05, 4.69) is 10.3 Å². The van der Waals surface area contributed by atoms with Crippen molar-refractivity contribution in [2.45, 2.75) is 19.4 Å². The maximum absolute atomic E-state index is 12.6. The highest BCUT2D eigenvalue weighted by Gasteiger charge is 2.12. The van der Waals surface area contributed by atoms with Gasteiger partial charge in [-0.15, -0.1) is 0 Å². The van der Waals surface area contributed by atoms with Gasteiger partial charge in [0, 0.05) is 33.1 Å². The molecule has 0 spiro atoms. The molecule has 0 aliphatic rings. The molecule has 1 aromatic carbocycles. The van der Waals surface area contributed by atoms with Crippen LogP contribution in [0.25, 0.3) is 10.9 Å². The van der Waals surface area contributed by atoms with Crippen molar-refractivity contribution in [1.29, 1.82) is 0 Å². The fourth-order valence-corrected chi connectivity index (χ4v) is 2.48. The normalized spacial score (nSPS) is 10.5. The van der Waals surface area contributed by atoms with Crippen molar-refractivity contribution < 1.29 is 19.1 Å². The van der Waals surface area contributed by atoms with Gasteiger partial charge in [-0.1, -0.05) is 0 Å². The minimum absolute atomic E-state index is 0.0368. The molecule has 9 heteroatoms. The van der Waals surface area contributed by atoms with E-state index in [9.17, 15) is 14.4 Å². The van der Waals surface area contributed by atoms with E-state index in [0.717, 1.165) is 0 Å². The quantitative estimate of drug-likeness (QED) is 0.715. The van der Waals surface area contributed by atoms with Crippen LogP contribution in [-0.4, -0.2) is 61.1 Å². The minimum Gasteiger partial charge on any atom is -0.493 e. The van der Waals surface area contributed by atoms with Gasteiger partial charge in [0.1, 0.15) is 0 Å². The molecular weight excluding hydrogens is 352 g/mol. The zero-order chi connectivity index (χ0) is 20.0. The summed E-state index contributed by atoms with van der Waals surface area (Å²) in [6.07, 6.45) is 2.10. The van der Waals surface area contributed by atoms with Gasteiger partial charge in [0.2, 0.25) is 11.8 Å². The Labute approximate surface area is 156 Å². The first kappa shape index (κ1) is 20.2. The number of fused-ring (bicyclic) bond motifs is 1. The highest BCUT2D eigenvalue weighted by Crippen LogP contribution is 2.29. The van der Waals surface area contributed by atoms with Gasteiger partial charge in [0.05, 0.1) is 38.0 Å². The Kier molecular flexibility index (Phi) is 6.75. The van der Waals surface area contributed by atoms with E-state index in [1.807, 2.05) is 0 Å². The van der Waals surface area contributed by atoms with E-state index in [-0.39, 0.29) is 30.3 Å². The van der Waals surface area contributed by atoms with Crippen LogP contribution < -0.4 is 20.3 Å². The standard InChI is InChI=1S/C18H24N4O5/c1-21(2)17(24)10-19-16(23)6-5-7-22-11-20-13-9-15(27-4)14(26-3)8-12(13)18(22)25/h8-9,11H,5-7,10H2,1-4H3,(H,19,23). The lowest BCUT2D eigenvalue weighted by molar-refractivity contribution is -0.130. The van der Waals surface area contributed by atoms with Crippen molar-refractivity contribution in [1.82, 2.24) is 19.8 Å². The molecule has 0 aliphatic carbocycles. The predicted molar refractivity (Wildman–Crippen MR) is 100 cm³/mol. The second-order valence-electron chi connectivity index (χ2n) is 6.14. The Morgan fingerprint density at radius 3 is 2.48 bits per heavy atom. The number of methoxy groups -OCH3 is 2. The largest absolute Gasteiger partial charge is 0.493 e. The van der Waals surface area contributed by atoms with E-state index in [1.54, 1.807) is 26.2 Å². The summed E-state index contributed by atoms with van der Waals surface area (Å²) in [7, 11) is 6.26. The minimum atomic E-state index is -0.238. The number of hydrogen-bond acceptors (Lipinski definition) is 6. The predicted octanol–water partition coefficient (Wildman–Crippen LogP) is 0.398. The van der Waals surface area contributed by atoms with Crippen LogP contribution >= 0.6 is 0 Å². The third-order valence-electron chi connectivity index (χ3n) is 4.07. The summed E-state index contributed by atoms with van der Waals surface area (Å²) in [6.45, 7) is 0.302. The Morgan fingerprint density at radius 1 is 1.19 bits per heavy atom. The fraction of sp³-hybridized carbons (Fsp3) is 0.444. The average Bonchev–Trinajstić information content (AvgIpc) is 2.66. The van der Waals surface area contributed by atoms with Crippen LogP contribution in [0.2, 0.25) is 0 Å². The summed E-state index contributed by atoms with van der Waals surface area (Å²) in [5.41, 5.74) is 0.290. The van der Waals surface area contributed by atoms with Crippen molar-refractivity contribution in [2.75, 3.05) is 34.9 Å². The van der Waals surface area contributed by atoms with Crippen molar-refractivity contribution in [3.05, 3.63) is 28.8 Å². The lowest BCUT2D eigenvalue weighted by atomic mass is 10.2. The molecule has 27 heavy (non-hydrogen) atoms. The van der Waals surface area contributed by atoms with Crippen molar-refractivity contribution in [3.8, 4) is 11.5 Å². The van der Waals surface area contributed by atoms with Crippen LogP contribution in [-0.2, 0) is 16.1 Å². The van der Waals surface area contributed by atoms with Crippen molar-refractivity contribution in [3.63, 3.8) is 0 Å². The maximum atomic E-state index is 12.6. The SMILES string of the molecule is COc1cc2ncn(CCCC(=O)NCC(=O)N(C)C)c(=O)c2cc1OC. The molecule has 1 aromatic heterocycles. The Hall–Kier alpha value is -3.10. The molecule has 0 aliphatic heterocycles. The number of aromatic nitrogens is 2. The molecule has 0 saturated carbocycles. The molecule has 1 heterocycles. The van der Waals surface area contributed by atoms with Gasteiger partial charge >= 0.3 is 0 Å². The maximum Gasteiger partial charge on any atom is 0.261 e. The van der Waals surface area contributed by atoms with Gasteiger partial charge in [-0.25, -0.2) is 4.98 Å². The average molecular weight is 376 g/mol. The molecule has 2 rings (SSSR count). The van der Waals surface area contributed by atoms with Gasteiger partial charge in [-0.2, -0.15) is 0 Å². The second-order valence-corrected chi connectivity index (χ2v) is 6.14. The molecule has 0 atom stereocenters. The van der Waals surface area contributed by atoms with Crippen LogP contribution in [0.4, 0.5) is 0 Å². The first-order valence-corrected chi connectivity index (χ1v) is 8.45. The highest BCUT2D eigenvalue weighted by atomic mass is 16.5. The van der Waals surface area contributed by atoms with Gasteiger partial charge in [-0.05, 0) is 12.5 Å². The van der Waals surface area contributed by atoms with Crippen molar-refractivity contribution in [2.24, 2.45) is 0 Å². The molecule has 0 radical (unpaired) electrons. The zero-order valence-corrected chi connectivity index (χ0v) is 15.9. The number of ether oxygens (including phenoxy) is 2. The molecule has 0 fully saturated rings. The highest BCUT2D eigenvalue weighted by molar-refractivity contribution is 5.84. The number of aryl methyl sites for hydroxylation is 1. The molecule has 9 nitrogen and oxygen atoms in total. The molecule has 0 unspecified atom stereocenters. The second kappa shape index (κ2) is 9.02. The van der Waals surface area contributed by atoms with E-state index < -0.39 is 0 Å². The summed E-state index contributed by atoms with van der Waals surface area (Å²) in [5, 5.41) is 2.97. The van der Waals surface area contributed by atoms with Crippen LogP contribution in [0.15, 0.2) is 23.3 Å². The Bertz CT molecular complexity index is 891. The molecule has 2 aromatic rings. The topological polar surface area (TPSA) is 103 Å². The number of likely N-dealkylation sites (N-methyl/N-ethyl adjacent to an activating group) is 1. The number of rotatable bonds is 8. The Balaban J connectivity index is 2.03. The van der Waals surface area contributed by atoms with Gasteiger partial charge < -0.3 is 19.7 Å². The van der Waals surface area contributed by atoms with Crippen LogP contribution in [0.3, 0.4) is 0 Å². The number of carbonyl (C=O) groups is 2. The van der Waals surface area contributed by atoms with Gasteiger partial charge in [-0.3, -0.25) is 19.0 Å². The summed E-state index contributed by atoms with van der Waals surface area (Å²) in [6, 6.07) is 3.24. The molecule has 0 bridgehead atoms. The van der Waals surface area contributed by atoms with Crippen molar-refractivity contribution >= 4 is 22.7 Å². The number of benzene rings is 1. The number of nitrogens with one attached hydrogen (secondary N) is 1. The molecule has 0 saturated heterocycles. The molecule has 146 valence electrons. The zero-order valence-electron chi connectivity index (χ0n) is 15.9. The molecule has 2 amide bonds. The summed E-state index contributed by atoms with van der Waals surface area (Å²) in [4.78, 5) is 41.6. The lowest BCUT2D eigenvalue weighted by Crippen LogP contribution is -2.36. The molecule has 1 N–H and O–H groups in total. The summed E-state index contributed by atoms with van der Waals surface area (Å²) >= 11 is 0. The number of hydrogen-bond donors (Lipinski definition) is 1. The van der Waals surface area contributed by atoms with Gasteiger partial charge in [0.15, 0.2) is 11.5 Å². The van der Waals surface area contributed by atoms with Crippen LogP contribution in [0, 0.1) is 0 Å². The monoisotopic (exact) mass is 376 g/mol. The third-order valence-corrected chi connectivity index (χ3v) is 4.07. The van der Waals surface area contributed by atoms with Gasteiger partial charge in [0.25, 0.3) is 5.56 Å². The van der Waals surface area contributed by atoms with E-state index >= 15 is 0 Å². The van der Waals surface area contributed by atoms with E-state index in [1.165, 1.54) is 30.0 Å². The first-order valence-electron chi connectivity index (χ1n) is 8.45. The number of carbonyl (C=O) groups excluding carboxylic acids is 2. The Morgan fingerprint density at radius 2 is 1.85 bits per heavy atom. The lowest BCUT2D eigenvalue weighted by Gasteiger charge is -2.11.